The van der Waals surface area contributed by atoms with Crippen molar-refractivity contribution >= 4 is 15.9 Å². The number of alkyl halides is 1. The predicted molar refractivity (Wildman–Crippen MR) is 88.2 cm³/mol. The topological polar surface area (TPSA) is 18.5 Å². The van der Waals surface area contributed by atoms with E-state index in [1.807, 2.05) is 18.2 Å². The SMILES string of the molecule is COC1C(Br)CC1Oc1ccc(Cc2ccccc2)cc1. The van der Waals surface area contributed by atoms with E-state index in [9.17, 15) is 0 Å². The summed E-state index contributed by atoms with van der Waals surface area (Å²) in [5.41, 5.74) is 2.62. The van der Waals surface area contributed by atoms with Gasteiger partial charge in [-0.1, -0.05) is 58.4 Å². The molecule has 1 fully saturated rings. The molecule has 0 heterocycles. The second-order valence-corrected chi connectivity index (χ2v) is 6.59. The van der Waals surface area contributed by atoms with Gasteiger partial charge < -0.3 is 9.47 Å². The van der Waals surface area contributed by atoms with Crippen molar-refractivity contribution in [3.8, 4) is 5.75 Å². The van der Waals surface area contributed by atoms with E-state index in [0.29, 0.717) is 4.83 Å². The molecule has 0 saturated heterocycles. The number of hydrogen-bond donors (Lipinski definition) is 0. The number of benzene rings is 2. The molecule has 0 aromatic heterocycles. The predicted octanol–water partition coefficient (Wildman–Crippen LogP) is 4.21. The fourth-order valence-corrected chi connectivity index (χ4v) is 3.56. The molecule has 1 saturated carbocycles. The summed E-state index contributed by atoms with van der Waals surface area (Å²) in [5, 5.41) is 0. The van der Waals surface area contributed by atoms with E-state index in [4.69, 9.17) is 9.47 Å². The van der Waals surface area contributed by atoms with E-state index in [1.54, 1.807) is 7.11 Å². The van der Waals surface area contributed by atoms with Crippen LogP contribution in [0, 0.1) is 0 Å². The average Bonchev–Trinajstić information content (AvgIpc) is 2.50. The van der Waals surface area contributed by atoms with Gasteiger partial charge in [0, 0.05) is 18.4 Å². The quantitative estimate of drug-likeness (QED) is 0.755. The van der Waals surface area contributed by atoms with Gasteiger partial charge in [0.1, 0.15) is 18.0 Å². The molecule has 2 nitrogen and oxygen atoms in total. The molecule has 3 rings (SSSR count). The maximum atomic E-state index is 5.97. The van der Waals surface area contributed by atoms with Gasteiger partial charge in [-0.25, -0.2) is 0 Å². The third-order valence-corrected chi connectivity index (χ3v) is 4.81. The summed E-state index contributed by atoms with van der Waals surface area (Å²) < 4.78 is 11.4. The normalized spacial score (nSPS) is 24.4. The molecule has 2 aromatic carbocycles. The van der Waals surface area contributed by atoms with Crippen LogP contribution in [0.1, 0.15) is 17.5 Å². The Balaban J connectivity index is 1.60. The molecule has 0 spiro atoms. The highest BCUT2D eigenvalue weighted by atomic mass is 79.9. The Hall–Kier alpha value is -1.32. The third-order valence-electron chi connectivity index (χ3n) is 3.91. The zero-order chi connectivity index (χ0) is 14.7. The molecule has 0 N–H and O–H groups in total. The van der Waals surface area contributed by atoms with Gasteiger partial charge in [0.25, 0.3) is 0 Å². The van der Waals surface area contributed by atoms with Gasteiger partial charge in [-0.15, -0.1) is 0 Å². The highest BCUT2D eigenvalue weighted by Crippen LogP contribution is 2.33. The first-order chi connectivity index (χ1) is 10.3. The highest BCUT2D eigenvalue weighted by molar-refractivity contribution is 9.09. The van der Waals surface area contributed by atoms with Crippen LogP contribution in [0.4, 0.5) is 0 Å². The number of methoxy groups -OCH3 is 1. The lowest BCUT2D eigenvalue weighted by Crippen LogP contribution is -2.51. The molecule has 0 aliphatic heterocycles. The van der Waals surface area contributed by atoms with Crippen LogP contribution >= 0.6 is 15.9 Å². The first-order valence-corrected chi connectivity index (χ1v) is 8.14. The Labute approximate surface area is 134 Å². The van der Waals surface area contributed by atoms with Crippen molar-refractivity contribution in [3.05, 3.63) is 65.7 Å². The molecule has 0 amide bonds. The molecule has 3 unspecified atom stereocenters. The number of halogens is 1. The zero-order valence-corrected chi connectivity index (χ0v) is 13.6. The zero-order valence-electron chi connectivity index (χ0n) is 12.0. The smallest absolute Gasteiger partial charge is 0.127 e. The standard InChI is InChI=1S/C18H19BrO2/c1-20-18-16(19)12-17(18)21-15-9-7-14(8-10-15)11-13-5-3-2-4-6-13/h2-10,16-18H,11-12H2,1H3. The second kappa shape index (κ2) is 6.63. The van der Waals surface area contributed by atoms with Gasteiger partial charge >= 0.3 is 0 Å². The summed E-state index contributed by atoms with van der Waals surface area (Å²) >= 11 is 3.58. The van der Waals surface area contributed by atoms with Crippen LogP contribution in [0.3, 0.4) is 0 Å². The number of hydrogen-bond acceptors (Lipinski definition) is 2. The maximum Gasteiger partial charge on any atom is 0.127 e. The Morgan fingerprint density at radius 1 is 1.00 bits per heavy atom. The summed E-state index contributed by atoms with van der Waals surface area (Å²) in [5.74, 6) is 0.915. The minimum atomic E-state index is 0.147. The molecule has 1 aliphatic carbocycles. The van der Waals surface area contributed by atoms with Crippen molar-refractivity contribution in [1.29, 1.82) is 0 Å². The van der Waals surface area contributed by atoms with E-state index < -0.39 is 0 Å². The van der Waals surface area contributed by atoms with Gasteiger partial charge in [-0.3, -0.25) is 0 Å². The fraction of sp³-hybridized carbons (Fsp3) is 0.333. The summed E-state index contributed by atoms with van der Waals surface area (Å²) in [4.78, 5) is 0.407. The van der Waals surface area contributed by atoms with Crippen molar-refractivity contribution in [2.45, 2.75) is 29.9 Å². The molecule has 0 radical (unpaired) electrons. The minimum absolute atomic E-state index is 0.147. The summed E-state index contributed by atoms with van der Waals surface area (Å²) in [6.45, 7) is 0. The molecule has 21 heavy (non-hydrogen) atoms. The Bertz CT molecular complexity index is 568. The van der Waals surface area contributed by atoms with Crippen LogP contribution in [0.15, 0.2) is 54.6 Å². The Morgan fingerprint density at radius 2 is 1.67 bits per heavy atom. The Morgan fingerprint density at radius 3 is 2.29 bits per heavy atom. The van der Waals surface area contributed by atoms with Gasteiger partial charge in [-0.2, -0.15) is 0 Å². The molecule has 3 heteroatoms. The average molecular weight is 347 g/mol. The van der Waals surface area contributed by atoms with Crippen LogP contribution in [0.5, 0.6) is 5.75 Å². The summed E-state index contributed by atoms with van der Waals surface area (Å²) in [7, 11) is 1.73. The van der Waals surface area contributed by atoms with E-state index >= 15 is 0 Å². The minimum Gasteiger partial charge on any atom is -0.488 e. The lowest BCUT2D eigenvalue weighted by Gasteiger charge is -2.40. The van der Waals surface area contributed by atoms with Gasteiger partial charge in [-0.05, 0) is 29.7 Å². The lowest BCUT2D eigenvalue weighted by molar-refractivity contribution is -0.0544. The van der Waals surface area contributed by atoms with E-state index in [0.717, 1.165) is 18.6 Å². The Kier molecular flexibility index (Phi) is 4.61. The van der Waals surface area contributed by atoms with Gasteiger partial charge in [0.2, 0.25) is 0 Å². The van der Waals surface area contributed by atoms with Crippen LogP contribution in [0.25, 0.3) is 0 Å². The first-order valence-electron chi connectivity index (χ1n) is 7.22. The largest absolute Gasteiger partial charge is 0.488 e. The van der Waals surface area contributed by atoms with Crippen molar-refractivity contribution < 1.29 is 9.47 Å². The van der Waals surface area contributed by atoms with Crippen LogP contribution in [0.2, 0.25) is 0 Å². The highest BCUT2D eigenvalue weighted by Gasteiger charge is 2.41. The first kappa shape index (κ1) is 14.6. The van der Waals surface area contributed by atoms with Crippen molar-refractivity contribution in [1.82, 2.24) is 0 Å². The van der Waals surface area contributed by atoms with Gasteiger partial charge in [0.05, 0.1) is 0 Å². The molecule has 0 bridgehead atoms. The maximum absolute atomic E-state index is 5.97. The van der Waals surface area contributed by atoms with Crippen LogP contribution in [-0.4, -0.2) is 24.1 Å². The molecular weight excluding hydrogens is 328 g/mol. The van der Waals surface area contributed by atoms with Crippen LogP contribution < -0.4 is 4.74 Å². The van der Waals surface area contributed by atoms with E-state index in [2.05, 4.69) is 52.3 Å². The molecule has 3 atom stereocenters. The van der Waals surface area contributed by atoms with Crippen molar-refractivity contribution in [2.75, 3.05) is 7.11 Å². The van der Waals surface area contributed by atoms with Crippen molar-refractivity contribution in [3.63, 3.8) is 0 Å². The van der Waals surface area contributed by atoms with E-state index in [-0.39, 0.29) is 12.2 Å². The summed E-state index contributed by atoms with van der Waals surface area (Å²) in [6, 6.07) is 18.9. The summed E-state index contributed by atoms with van der Waals surface area (Å²) in [6.07, 6.45) is 2.24. The van der Waals surface area contributed by atoms with Gasteiger partial charge in [0.15, 0.2) is 0 Å². The molecule has 2 aromatic rings. The lowest BCUT2D eigenvalue weighted by atomic mass is 9.91. The monoisotopic (exact) mass is 346 g/mol. The van der Waals surface area contributed by atoms with Crippen LogP contribution in [-0.2, 0) is 11.2 Å². The molecular formula is C18H19BrO2. The number of rotatable bonds is 5. The van der Waals surface area contributed by atoms with E-state index in [1.165, 1.54) is 11.1 Å². The molecule has 110 valence electrons. The third kappa shape index (κ3) is 3.47. The van der Waals surface area contributed by atoms with Crippen molar-refractivity contribution in [2.24, 2.45) is 0 Å². The molecule has 1 aliphatic rings. The second-order valence-electron chi connectivity index (χ2n) is 5.41. The number of ether oxygens (including phenoxy) is 2. The fourth-order valence-electron chi connectivity index (χ4n) is 2.63.